The number of halogens is 3. The van der Waals surface area contributed by atoms with Gasteiger partial charge in [-0.05, 0) is 18.2 Å². The Labute approximate surface area is 203 Å². The number of ether oxygens (including phenoxy) is 1. The van der Waals surface area contributed by atoms with Gasteiger partial charge in [0.1, 0.15) is 23.4 Å². The van der Waals surface area contributed by atoms with E-state index in [9.17, 15) is 28.2 Å². The average molecular weight is 499 g/mol. The number of aliphatic hydroxyl groups is 2. The van der Waals surface area contributed by atoms with E-state index in [1.54, 1.807) is 0 Å². The number of nitrogens with two attached hydrogens (primary N) is 1. The van der Waals surface area contributed by atoms with Gasteiger partial charge in [0.15, 0.2) is 11.5 Å². The van der Waals surface area contributed by atoms with Crippen LogP contribution in [-0.2, 0) is 4.74 Å². The number of amides is 1. The Morgan fingerprint density at radius 3 is 2.64 bits per heavy atom. The summed E-state index contributed by atoms with van der Waals surface area (Å²) in [5.74, 6) is -4.20. The summed E-state index contributed by atoms with van der Waals surface area (Å²) in [7, 11) is 0. The normalized spacial score (nSPS) is 21.6. The first kappa shape index (κ1) is 25.1. The van der Waals surface area contributed by atoms with E-state index in [0.29, 0.717) is 5.56 Å². The number of nitrogens with one attached hydrogen (secondary N) is 1. The smallest absolute Gasteiger partial charge is 0.276 e. The van der Waals surface area contributed by atoms with E-state index in [-0.39, 0.29) is 24.2 Å². The Morgan fingerprint density at radius 1 is 1.22 bits per heavy atom. The van der Waals surface area contributed by atoms with Crippen molar-refractivity contribution in [3.63, 3.8) is 0 Å². The first-order chi connectivity index (χ1) is 17.2. The molecule has 1 aromatic carbocycles. The molecule has 1 aliphatic heterocycles. The monoisotopic (exact) mass is 499 g/mol. The Hall–Kier alpha value is -4.05. The number of pyridine rings is 2. The van der Waals surface area contributed by atoms with Gasteiger partial charge in [-0.25, -0.2) is 18.2 Å². The maximum absolute atomic E-state index is 14.5. The largest absolute Gasteiger partial charge is 0.397 e. The highest BCUT2D eigenvalue weighted by Gasteiger charge is 2.38. The highest BCUT2D eigenvalue weighted by Crippen LogP contribution is 2.36. The molecule has 0 saturated carbocycles. The van der Waals surface area contributed by atoms with E-state index < -0.39 is 64.7 Å². The second-order valence-corrected chi connectivity index (χ2v) is 8.09. The summed E-state index contributed by atoms with van der Waals surface area (Å²) in [6, 6.07) is 7.08. The van der Waals surface area contributed by atoms with Crippen LogP contribution in [0, 0.1) is 28.8 Å². The number of nitrogens with zero attached hydrogens (tertiary/aromatic N) is 3. The summed E-state index contributed by atoms with van der Waals surface area (Å²) in [4.78, 5) is 20.8. The third kappa shape index (κ3) is 4.85. The highest BCUT2D eigenvalue weighted by molar-refractivity contribution is 6.06. The van der Waals surface area contributed by atoms with Gasteiger partial charge in [-0.15, -0.1) is 0 Å². The van der Waals surface area contributed by atoms with Crippen LogP contribution in [-0.4, -0.2) is 44.4 Å². The number of anilines is 2. The van der Waals surface area contributed by atoms with Crippen molar-refractivity contribution in [3.8, 4) is 17.3 Å². The maximum atomic E-state index is 14.5. The molecule has 36 heavy (non-hydrogen) atoms. The molecular weight excluding hydrogens is 479 g/mol. The number of hydrogen-bond donors (Lipinski definition) is 4. The first-order valence-corrected chi connectivity index (χ1v) is 10.8. The summed E-state index contributed by atoms with van der Waals surface area (Å²) >= 11 is 0. The summed E-state index contributed by atoms with van der Waals surface area (Å²) in [6.45, 7) is 0. The number of carbonyl (C=O) groups excluding carboxylic acids is 1. The molecule has 3 aromatic rings. The molecule has 3 heterocycles. The van der Waals surface area contributed by atoms with Crippen molar-refractivity contribution in [3.05, 3.63) is 71.4 Å². The fraction of sp³-hybridized carbons (Fsp3) is 0.250. The van der Waals surface area contributed by atoms with Crippen molar-refractivity contribution < 1.29 is 32.9 Å². The minimum absolute atomic E-state index is 0.0381. The zero-order valence-electron chi connectivity index (χ0n) is 18.5. The van der Waals surface area contributed by atoms with Crippen molar-refractivity contribution in [1.82, 2.24) is 9.97 Å². The lowest BCUT2D eigenvalue weighted by atomic mass is 9.92. The fourth-order valence-electron chi connectivity index (χ4n) is 3.97. The lowest BCUT2D eigenvalue weighted by molar-refractivity contribution is -0.168. The van der Waals surface area contributed by atoms with E-state index in [2.05, 4.69) is 15.3 Å². The van der Waals surface area contributed by atoms with Gasteiger partial charge in [-0.3, -0.25) is 9.78 Å². The molecule has 1 saturated heterocycles. The topological polar surface area (TPSA) is 154 Å². The van der Waals surface area contributed by atoms with Gasteiger partial charge in [0.05, 0.1) is 53.9 Å². The molecule has 4 atom stereocenters. The van der Waals surface area contributed by atoms with Gasteiger partial charge in [0.2, 0.25) is 0 Å². The number of aromatic nitrogens is 2. The standard InChI is InChI=1S/C24H20F3N5O4/c25-12-2-1-3-13(26)20(12)21-14(27)8-15(29)22(32-21)24(35)31-16-10-30-7-5-11(16)19-9-17(33)23(34)18(36-19)4-6-28/h1-3,5,7-8,10,17-19,23,33-34H,4,9,29H2,(H,31,35)/t17-,18-,19-,23+/m1/s1. The minimum atomic E-state index is -1.26. The van der Waals surface area contributed by atoms with Crippen molar-refractivity contribution >= 4 is 17.3 Å². The van der Waals surface area contributed by atoms with Crippen molar-refractivity contribution in [1.29, 1.82) is 5.26 Å². The third-order valence-corrected chi connectivity index (χ3v) is 5.73. The second kappa shape index (κ2) is 10.3. The van der Waals surface area contributed by atoms with Crippen LogP contribution < -0.4 is 11.1 Å². The van der Waals surface area contributed by atoms with Crippen molar-refractivity contribution in [2.24, 2.45) is 0 Å². The van der Waals surface area contributed by atoms with E-state index >= 15 is 0 Å². The van der Waals surface area contributed by atoms with Gasteiger partial charge in [-0.2, -0.15) is 5.26 Å². The molecule has 12 heteroatoms. The Balaban J connectivity index is 1.66. The lowest BCUT2D eigenvalue weighted by Crippen LogP contribution is -2.45. The average Bonchev–Trinajstić information content (AvgIpc) is 2.83. The number of nitriles is 1. The summed E-state index contributed by atoms with van der Waals surface area (Å²) in [5, 5.41) is 31.8. The first-order valence-electron chi connectivity index (χ1n) is 10.8. The lowest BCUT2D eigenvalue weighted by Gasteiger charge is -2.37. The third-order valence-electron chi connectivity index (χ3n) is 5.73. The molecule has 0 bridgehead atoms. The number of benzene rings is 1. The zero-order chi connectivity index (χ0) is 26.0. The molecule has 1 amide bonds. The quantitative estimate of drug-likeness (QED) is 0.418. The van der Waals surface area contributed by atoms with E-state index in [1.807, 2.05) is 6.07 Å². The molecule has 0 unspecified atom stereocenters. The van der Waals surface area contributed by atoms with Gasteiger partial charge in [-0.1, -0.05) is 6.07 Å². The van der Waals surface area contributed by atoms with Crippen LogP contribution in [0.5, 0.6) is 0 Å². The number of rotatable bonds is 5. The second-order valence-electron chi connectivity index (χ2n) is 8.09. The summed E-state index contributed by atoms with van der Waals surface area (Å²) in [6.07, 6.45) is -1.75. The highest BCUT2D eigenvalue weighted by atomic mass is 19.1. The number of carbonyl (C=O) groups is 1. The van der Waals surface area contributed by atoms with E-state index in [0.717, 1.165) is 24.3 Å². The van der Waals surface area contributed by atoms with Crippen LogP contribution in [0.2, 0.25) is 0 Å². The maximum Gasteiger partial charge on any atom is 0.276 e. The van der Waals surface area contributed by atoms with E-state index in [1.165, 1.54) is 18.5 Å². The molecule has 4 rings (SSSR count). The van der Waals surface area contributed by atoms with Crippen LogP contribution in [0.1, 0.15) is 35.0 Å². The van der Waals surface area contributed by atoms with Gasteiger partial charge < -0.3 is 26.0 Å². The number of hydrogen-bond acceptors (Lipinski definition) is 8. The molecule has 1 aliphatic rings. The zero-order valence-corrected chi connectivity index (χ0v) is 18.5. The van der Waals surface area contributed by atoms with Gasteiger partial charge in [0, 0.05) is 24.2 Å². The number of aliphatic hydroxyl groups excluding tert-OH is 2. The molecule has 5 N–H and O–H groups in total. The van der Waals surface area contributed by atoms with Crippen molar-refractivity contribution in [2.75, 3.05) is 11.1 Å². The van der Waals surface area contributed by atoms with Crippen LogP contribution >= 0.6 is 0 Å². The SMILES string of the molecule is N#CC[C@H]1O[C@@H](c2ccncc2NC(=O)c2nc(-c3c(F)cccc3F)c(F)cc2N)C[C@@H](O)[C@@H]1O. The van der Waals surface area contributed by atoms with Crippen LogP contribution in [0.3, 0.4) is 0 Å². The molecule has 0 spiro atoms. The van der Waals surface area contributed by atoms with Crippen LogP contribution in [0.4, 0.5) is 24.5 Å². The van der Waals surface area contributed by atoms with Gasteiger partial charge >= 0.3 is 0 Å². The van der Waals surface area contributed by atoms with E-state index in [4.69, 9.17) is 15.7 Å². The number of nitrogen functional groups attached to an aromatic ring is 1. The van der Waals surface area contributed by atoms with Gasteiger partial charge in [0.25, 0.3) is 5.91 Å². The predicted molar refractivity (Wildman–Crippen MR) is 121 cm³/mol. The Morgan fingerprint density at radius 2 is 1.94 bits per heavy atom. The predicted octanol–water partition coefficient (Wildman–Crippen LogP) is 2.86. The molecule has 0 aliphatic carbocycles. The van der Waals surface area contributed by atoms with Crippen LogP contribution in [0.25, 0.3) is 11.3 Å². The Bertz CT molecular complexity index is 1330. The molecule has 0 radical (unpaired) electrons. The molecule has 2 aromatic heterocycles. The molecule has 186 valence electrons. The van der Waals surface area contributed by atoms with Crippen molar-refractivity contribution in [2.45, 2.75) is 37.3 Å². The fourth-order valence-corrected chi connectivity index (χ4v) is 3.97. The summed E-state index contributed by atoms with van der Waals surface area (Å²) < 4.78 is 48.8. The molecule has 9 nitrogen and oxygen atoms in total. The van der Waals surface area contributed by atoms with Crippen LogP contribution in [0.15, 0.2) is 42.7 Å². The Kier molecular flexibility index (Phi) is 7.16. The molecular formula is C24H20F3N5O4. The molecule has 1 fully saturated rings. The minimum Gasteiger partial charge on any atom is -0.397 e. The summed E-state index contributed by atoms with van der Waals surface area (Å²) in [5.41, 5.74) is 3.92.